The Balaban J connectivity index is 1.95. The Labute approximate surface area is 119 Å². The van der Waals surface area contributed by atoms with E-state index in [1.54, 1.807) is 12.1 Å². The van der Waals surface area contributed by atoms with Gasteiger partial charge in [0.2, 0.25) is 0 Å². The van der Waals surface area contributed by atoms with Gasteiger partial charge in [-0.25, -0.2) is 0 Å². The van der Waals surface area contributed by atoms with E-state index < -0.39 is 0 Å². The lowest BCUT2D eigenvalue weighted by Crippen LogP contribution is -2.52. The standard InChI is InChI=1S/C15H22N2O3/c1-3-12-9-19-11(2)8-17(12)15(18)10-20-14-7-5-4-6-13(14)16/h4-7,11-12H,3,8-10,16H2,1-2H3. The molecule has 0 aromatic heterocycles. The lowest BCUT2D eigenvalue weighted by Gasteiger charge is -2.38. The molecule has 20 heavy (non-hydrogen) atoms. The molecule has 1 aromatic carbocycles. The number of nitrogen functional groups attached to an aromatic ring is 1. The molecule has 2 atom stereocenters. The van der Waals surface area contributed by atoms with E-state index >= 15 is 0 Å². The van der Waals surface area contributed by atoms with Crippen LogP contribution in [-0.2, 0) is 9.53 Å². The van der Waals surface area contributed by atoms with Crippen molar-refractivity contribution in [2.24, 2.45) is 0 Å². The second kappa shape index (κ2) is 6.61. The van der Waals surface area contributed by atoms with Gasteiger partial charge in [0, 0.05) is 6.54 Å². The first-order valence-electron chi connectivity index (χ1n) is 7.00. The highest BCUT2D eigenvalue weighted by atomic mass is 16.5. The maximum Gasteiger partial charge on any atom is 0.260 e. The molecule has 0 spiro atoms. The number of benzene rings is 1. The van der Waals surface area contributed by atoms with Crippen LogP contribution in [0.3, 0.4) is 0 Å². The zero-order chi connectivity index (χ0) is 14.5. The van der Waals surface area contributed by atoms with Crippen molar-refractivity contribution in [2.75, 3.05) is 25.5 Å². The zero-order valence-corrected chi connectivity index (χ0v) is 12.0. The van der Waals surface area contributed by atoms with Crippen LogP contribution in [0.5, 0.6) is 5.75 Å². The van der Waals surface area contributed by atoms with Crippen LogP contribution in [0.2, 0.25) is 0 Å². The summed E-state index contributed by atoms with van der Waals surface area (Å²) in [6.07, 6.45) is 0.954. The number of hydrogen-bond donors (Lipinski definition) is 1. The van der Waals surface area contributed by atoms with Crippen molar-refractivity contribution in [3.63, 3.8) is 0 Å². The number of nitrogens with two attached hydrogens (primary N) is 1. The van der Waals surface area contributed by atoms with Gasteiger partial charge in [-0.3, -0.25) is 4.79 Å². The number of carbonyl (C=O) groups excluding carboxylic acids is 1. The summed E-state index contributed by atoms with van der Waals surface area (Å²) in [4.78, 5) is 14.2. The van der Waals surface area contributed by atoms with Crippen molar-refractivity contribution in [1.82, 2.24) is 4.90 Å². The van der Waals surface area contributed by atoms with E-state index in [2.05, 4.69) is 6.92 Å². The molecule has 1 fully saturated rings. The van der Waals surface area contributed by atoms with Crippen molar-refractivity contribution in [1.29, 1.82) is 0 Å². The maximum atomic E-state index is 12.3. The Kier molecular flexibility index (Phi) is 4.84. The third-order valence-electron chi connectivity index (χ3n) is 3.53. The number of ether oxygens (including phenoxy) is 2. The molecule has 5 nitrogen and oxygen atoms in total. The fourth-order valence-electron chi connectivity index (χ4n) is 2.32. The third kappa shape index (κ3) is 3.42. The Morgan fingerprint density at radius 1 is 1.50 bits per heavy atom. The van der Waals surface area contributed by atoms with Gasteiger partial charge in [0.1, 0.15) is 5.75 Å². The lowest BCUT2D eigenvalue weighted by atomic mass is 10.1. The summed E-state index contributed by atoms with van der Waals surface area (Å²) in [6, 6.07) is 7.33. The fourth-order valence-corrected chi connectivity index (χ4v) is 2.32. The molecule has 2 N–H and O–H groups in total. The molecule has 0 saturated carbocycles. The highest BCUT2D eigenvalue weighted by Crippen LogP contribution is 2.20. The zero-order valence-electron chi connectivity index (χ0n) is 12.0. The molecule has 1 amide bonds. The number of rotatable bonds is 4. The van der Waals surface area contributed by atoms with Crippen LogP contribution in [0.1, 0.15) is 20.3 Å². The molecule has 1 aliphatic heterocycles. The van der Waals surface area contributed by atoms with E-state index in [1.165, 1.54) is 0 Å². The molecule has 1 aliphatic rings. The van der Waals surface area contributed by atoms with E-state index in [-0.39, 0.29) is 24.7 Å². The third-order valence-corrected chi connectivity index (χ3v) is 3.53. The Bertz CT molecular complexity index is 464. The largest absolute Gasteiger partial charge is 0.482 e. The van der Waals surface area contributed by atoms with Gasteiger partial charge in [0.25, 0.3) is 5.91 Å². The van der Waals surface area contributed by atoms with Crippen molar-refractivity contribution < 1.29 is 14.3 Å². The van der Waals surface area contributed by atoms with Gasteiger partial charge in [0.05, 0.1) is 24.4 Å². The molecule has 0 aliphatic carbocycles. The molecular weight excluding hydrogens is 256 g/mol. The summed E-state index contributed by atoms with van der Waals surface area (Å²) in [5.74, 6) is 0.533. The normalized spacial score (nSPS) is 22.6. The number of nitrogens with zero attached hydrogens (tertiary/aromatic N) is 1. The highest BCUT2D eigenvalue weighted by Gasteiger charge is 2.29. The van der Waals surface area contributed by atoms with Crippen molar-refractivity contribution >= 4 is 11.6 Å². The van der Waals surface area contributed by atoms with Crippen LogP contribution in [0.25, 0.3) is 0 Å². The molecule has 1 saturated heterocycles. The minimum atomic E-state index is -0.0183. The first-order chi connectivity index (χ1) is 9.61. The first kappa shape index (κ1) is 14.7. The topological polar surface area (TPSA) is 64.8 Å². The molecule has 5 heteroatoms. The van der Waals surface area contributed by atoms with Crippen molar-refractivity contribution in [3.05, 3.63) is 24.3 Å². The van der Waals surface area contributed by atoms with Crippen LogP contribution >= 0.6 is 0 Å². The highest BCUT2D eigenvalue weighted by molar-refractivity contribution is 5.78. The molecule has 110 valence electrons. The predicted molar refractivity (Wildman–Crippen MR) is 77.6 cm³/mol. The number of carbonyl (C=O) groups is 1. The van der Waals surface area contributed by atoms with E-state index in [9.17, 15) is 4.79 Å². The summed E-state index contributed by atoms with van der Waals surface area (Å²) >= 11 is 0. The lowest BCUT2D eigenvalue weighted by molar-refractivity contribution is -0.146. The molecule has 0 bridgehead atoms. The van der Waals surface area contributed by atoms with Gasteiger partial charge in [0.15, 0.2) is 6.61 Å². The Morgan fingerprint density at radius 3 is 2.95 bits per heavy atom. The second-order valence-corrected chi connectivity index (χ2v) is 5.08. The maximum absolute atomic E-state index is 12.3. The van der Waals surface area contributed by atoms with Gasteiger partial charge in [-0.2, -0.15) is 0 Å². The van der Waals surface area contributed by atoms with Gasteiger partial charge >= 0.3 is 0 Å². The minimum Gasteiger partial charge on any atom is -0.482 e. The average molecular weight is 278 g/mol. The van der Waals surface area contributed by atoms with E-state index in [0.29, 0.717) is 24.6 Å². The van der Waals surface area contributed by atoms with E-state index in [1.807, 2.05) is 24.0 Å². The van der Waals surface area contributed by atoms with E-state index in [4.69, 9.17) is 15.2 Å². The number of para-hydroxylation sites is 2. The van der Waals surface area contributed by atoms with Crippen molar-refractivity contribution in [3.8, 4) is 5.75 Å². The van der Waals surface area contributed by atoms with Gasteiger partial charge < -0.3 is 20.1 Å². The molecule has 2 rings (SSSR count). The first-order valence-corrected chi connectivity index (χ1v) is 7.00. The van der Waals surface area contributed by atoms with Crippen LogP contribution in [0.15, 0.2) is 24.3 Å². The predicted octanol–water partition coefficient (Wildman–Crippen LogP) is 1.67. The van der Waals surface area contributed by atoms with Crippen LogP contribution < -0.4 is 10.5 Å². The van der Waals surface area contributed by atoms with Crippen molar-refractivity contribution in [2.45, 2.75) is 32.4 Å². The molecule has 1 aromatic rings. The van der Waals surface area contributed by atoms with E-state index in [0.717, 1.165) is 6.42 Å². The smallest absolute Gasteiger partial charge is 0.260 e. The summed E-state index contributed by atoms with van der Waals surface area (Å²) in [7, 11) is 0. The Hall–Kier alpha value is -1.75. The second-order valence-electron chi connectivity index (χ2n) is 5.08. The van der Waals surface area contributed by atoms with Gasteiger partial charge in [-0.15, -0.1) is 0 Å². The summed E-state index contributed by atoms with van der Waals surface area (Å²) in [6.45, 7) is 5.25. The summed E-state index contributed by atoms with van der Waals surface area (Å²) < 4.78 is 11.1. The average Bonchev–Trinajstić information content (AvgIpc) is 2.46. The van der Waals surface area contributed by atoms with Crippen LogP contribution in [0.4, 0.5) is 5.69 Å². The van der Waals surface area contributed by atoms with Crippen LogP contribution in [0, 0.1) is 0 Å². The molecule has 0 radical (unpaired) electrons. The van der Waals surface area contributed by atoms with Gasteiger partial charge in [-0.1, -0.05) is 19.1 Å². The number of anilines is 1. The minimum absolute atomic E-state index is 0.0113. The monoisotopic (exact) mass is 278 g/mol. The summed E-state index contributed by atoms with van der Waals surface area (Å²) in [5, 5.41) is 0. The quantitative estimate of drug-likeness (QED) is 0.851. The summed E-state index contributed by atoms with van der Waals surface area (Å²) in [5.41, 5.74) is 6.34. The number of hydrogen-bond acceptors (Lipinski definition) is 4. The van der Waals surface area contributed by atoms with Gasteiger partial charge in [-0.05, 0) is 25.5 Å². The number of amides is 1. The SMILES string of the molecule is CCC1COC(C)CN1C(=O)COc1ccccc1N. The molecule has 2 unspecified atom stereocenters. The fraction of sp³-hybridized carbons (Fsp3) is 0.533. The Morgan fingerprint density at radius 2 is 2.25 bits per heavy atom. The number of morpholine rings is 1. The molecule has 1 heterocycles. The van der Waals surface area contributed by atoms with Crippen LogP contribution in [-0.4, -0.2) is 42.7 Å². The molecular formula is C15H22N2O3.